The fourth-order valence-corrected chi connectivity index (χ4v) is 1.87. The lowest BCUT2D eigenvalue weighted by atomic mass is 10.1. The van der Waals surface area contributed by atoms with Crippen LogP contribution < -0.4 is 0 Å². The van der Waals surface area contributed by atoms with Crippen molar-refractivity contribution < 1.29 is 9.15 Å². The molecule has 0 saturated carbocycles. The van der Waals surface area contributed by atoms with Crippen LogP contribution in [0.4, 0.5) is 0 Å². The van der Waals surface area contributed by atoms with Crippen LogP contribution in [0.15, 0.2) is 28.7 Å². The molecular weight excluding hydrogens is 240 g/mol. The first-order valence-corrected chi connectivity index (χ1v) is 6.43. The largest absolute Gasteiger partial charge is 0.418 e. The number of aromatic nitrogens is 2. The van der Waals surface area contributed by atoms with Crippen LogP contribution in [-0.2, 0) is 4.74 Å². The van der Waals surface area contributed by atoms with Gasteiger partial charge in [-0.3, -0.25) is 0 Å². The van der Waals surface area contributed by atoms with Crippen molar-refractivity contribution in [2.24, 2.45) is 0 Å². The normalized spacial score (nSPS) is 13.5. The van der Waals surface area contributed by atoms with Crippen molar-refractivity contribution in [3.05, 3.63) is 35.7 Å². The highest BCUT2D eigenvalue weighted by molar-refractivity contribution is 5.53. The quantitative estimate of drug-likeness (QED) is 0.839. The molecule has 1 aromatic carbocycles. The number of benzene rings is 1. The van der Waals surface area contributed by atoms with Gasteiger partial charge >= 0.3 is 0 Å². The van der Waals surface area contributed by atoms with E-state index in [-0.39, 0.29) is 11.7 Å². The Kier molecular flexibility index (Phi) is 3.71. The van der Waals surface area contributed by atoms with Gasteiger partial charge in [0.25, 0.3) is 0 Å². The van der Waals surface area contributed by atoms with Crippen LogP contribution in [0.2, 0.25) is 0 Å². The highest BCUT2D eigenvalue weighted by Crippen LogP contribution is 2.25. The number of hydrogen-bond donors (Lipinski definition) is 0. The van der Waals surface area contributed by atoms with E-state index in [0.717, 1.165) is 11.1 Å². The molecule has 0 saturated heterocycles. The highest BCUT2D eigenvalue weighted by atomic mass is 16.5. The Labute approximate surface area is 113 Å². The van der Waals surface area contributed by atoms with Gasteiger partial charge in [-0.25, -0.2) is 0 Å². The van der Waals surface area contributed by atoms with E-state index >= 15 is 0 Å². The van der Waals surface area contributed by atoms with Crippen molar-refractivity contribution in [3.8, 4) is 11.5 Å². The molecule has 102 valence electrons. The molecule has 0 N–H and O–H groups in total. The molecule has 0 fully saturated rings. The zero-order chi connectivity index (χ0) is 14.0. The first-order chi connectivity index (χ1) is 8.85. The molecule has 4 nitrogen and oxygen atoms in total. The molecule has 0 aliphatic rings. The maximum atomic E-state index is 5.80. The summed E-state index contributed by atoms with van der Waals surface area (Å²) in [5.74, 6) is 1.04. The topological polar surface area (TPSA) is 48.2 Å². The third-order valence-corrected chi connectivity index (χ3v) is 2.58. The summed E-state index contributed by atoms with van der Waals surface area (Å²) in [5, 5.41) is 8.15. The molecule has 1 aromatic heterocycles. The Morgan fingerprint density at radius 1 is 1.21 bits per heavy atom. The minimum Gasteiger partial charge on any atom is -0.418 e. The SMILES string of the molecule is Cc1cccc(-c2nnc(C(C)OC(C)(C)C)o2)c1. The van der Waals surface area contributed by atoms with E-state index in [4.69, 9.17) is 9.15 Å². The van der Waals surface area contributed by atoms with Gasteiger partial charge in [0.05, 0.1) is 5.60 Å². The number of rotatable bonds is 3. The molecule has 0 aliphatic heterocycles. The molecule has 4 heteroatoms. The number of nitrogens with zero attached hydrogens (tertiary/aromatic N) is 2. The summed E-state index contributed by atoms with van der Waals surface area (Å²) in [5.41, 5.74) is 1.86. The molecule has 19 heavy (non-hydrogen) atoms. The van der Waals surface area contributed by atoms with Gasteiger partial charge in [0, 0.05) is 5.56 Å². The predicted molar refractivity (Wildman–Crippen MR) is 73.7 cm³/mol. The molecule has 0 amide bonds. The Hall–Kier alpha value is -1.68. The van der Waals surface area contributed by atoms with E-state index in [9.17, 15) is 0 Å². The number of aryl methyl sites for hydroxylation is 1. The third kappa shape index (κ3) is 3.64. The van der Waals surface area contributed by atoms with Crippen molar-refractivity contribution in [2.45, 2.75) is 46.3 Å². The smallest absolute Gasteiger partial charge is 0.247 e. The second kappa shape index (κ2) is 5.13. The summed E-state index contributed by atoms with van der Waals surface area (Å²) in [6, 6.07) is 7.99. The summed E-state index contributed by atoms with van der Waals surface area (Å²) in [6.07, 6.45) is -0.217. The molecule has 2 aromatic rings. The summed E-state index contributed by atoms with van der Waals surface area (Å²) >= 11 is 0. The average molecular weight is 260 g/mol. The molecule has 0 radical (unpaired) electrons. The molecule has 1 atom stereocenters. The summed E-state index contributed by atoms with van der Waals surface area (Å²) in [4.78, 5) is 0. The van der Waals surface area contributed by atoms with Crippen LogP contribution in [0.3, 0.4) is 0 Å². The minimum atomic E-state index is -0.239. The monoisotopic (exact) mass is 260 g/mol. The van der Waals surface area contributed by atoms with Crippen LogP contribution in [-0.4, -0.2) is 15.8 Å². The highest BCUT2D eigenvalue weighted by Gasteiger charge is 2.21. The fourth-order valence-electron chi connectivity index (χ4n) is 1.87. The minimum absolute atomic E-state index is 0.217. The Morgan fingerprint density at radius 2 is 1.95 bits per heavy atom. The van der Waals surface area contributed by atoms with Gasteiger partial charge in [-0.15, -0.1) is 10.2 Å². The van der Waals surface area contributed by atoms with Crippen molar-refractivity contribution in [3.63, 3.8) is 0 Å². The Balaban J connectivity index is 2.19. The predicted octanol–water partition coefficient (Wildman–Crippen LogP) is 3.92. The Bertz CT molecular complexity index is 555. The van der Waals surface area contributed by atoms with Crippen molar-refractivity contribution in [1.29, 1.82) is 0 Å². The summed E-state index contributed by atoms with van der Waals surface area (Å²) in [6.45, 7) is 9.95. The van der Waals surface area contributed by atoms with Gasteiger partial charge in [0.1, 0.15) is 6.10 Å². The zero-order valence-corrected chi connectivity index (χ0v) is 12.1. The summed E-state index contributed by atoms with van der Waals surface area (Å²) in [7, 11) is 0. The molecule has 0 spiro atoms. The molecular formula is C15H20N2O2. The molecule has 1 heterocycles. The maximum absolute atomic E-state index is 5.80. The van der Waals surface area contributed by atoms with Gasteiger partial charge in [-0.2, -0.15) is 0 Å². The van der Waals surface area contributed by atoms with Crippen LogP contribution in [0.25, 0.3) is 11.5 Å². The van der Waals surface area contributed by atoms with E-state index in [1.54, 1.807) is 0 Å². The average Bonchev–Trinajstić information content (AvgIpc) is 2.75. The molecule has 1 unspecified atom stereocenters. The van der Waals surface area contributed by atoms with Crippen molar-refractivity contribution >= 4 is 0 Å². The number of ether oxygens (including phenoxy) is 1. The second-order valence-electron chi connectivity index (χ2n) is 5.69. The van der Waals surface area contributed by atoms with Gasteiger partial charge in [0.15, 0.2) is 0 Å². The van der Waals surface area contributed by atoms with Crippen LogP contribution >= 0.6 is 0 Å². The lowest BCUT2D eigenvalue weighted by Gasteiger charge is -2.22. The second-order valence-corrected chi connectivity index (χ2v) is 5.69. The van der Waals surface area contributed by atoms with Crippen LogP contribution in [0.1, 0.15) is 45.3 Å². The third-order valence-electron chi connectivity index (χ3n) is 2.58. The van der Waals surface area contributed by atoms with E-state index in [2.05, 4.69) is 10.2 Å². The molecule has 2 rings (SSSR count). The van der Waals surface area contributed by atoms with Gasteiger partial charge in [-0.1, -0.05) is 17.7 Å². The van der Waals surface area contributed by atoms with E-state index in [1.807, 2.05) is 58.9 Å². The first-order valence-electron chi connectivity index (χ1n) is 6.43. The van der Waals surface area contributed by atoms with Gasteiger partial charge in [-0.05, 0) is 46.8 Å². The van der Waals surface area contributed by atoms with E-state index in [0.29, 0.717) is 11.8 Å². The van der Waals surface area contributed by atoms with Gasteiger partial charge < -0.3 is 9.15 Å². The lowest BCUT2D eigenvalue weighted by Crippen LogP contribution is -2.21. The molecule has 0 bridgehead atoms. The van der Waals surface area contributed by atoms with E-state index < -0.39 is 0 Å². The standard InChI is InChI=1S/C15H20N2O2/c1-10-7-6-8-12(9-10)14-17-16-13(18-14)11(2)19-15(3,4)5/h6-9,11H,1-5H3. The van der Waals surface area contributed by atoms with Crippen molar-refractivity contribution in [1.82, 2.24) is 10.2 Å². The van der Waals surface area contributed by atoms with Gasteiger partial charge in [0.2, 0.25) is 11.8 Å². The van der Waals surface area contributed by atoms with E-state index in [1.165, 1.54) is 0 Å². The van der Waals surface area contributed by atoms with Crippen LogP contribution in [0.5, 0.6) is 0 Å². The zero-order valence-electron chi connectivity index (χ0n) is 12.1. The van der Waals surface area contributed by atoms with Crippen LogP contribution in [0, 0.1) is 6.92 Å². The fraction of sp³-hybridized carbons (Fsp3) is 0.467. The summed E-state index contributed by atoms with van der Waals surface area (Å²) < 4.78 is 11.5. The first kappa shape index (κ1) is 13.7. The Morgan fingerprint density at radius 3 is 2.58 bits per heavy atom. The lowest BCUT2D eigenvalue weighted by molar-refractivity contribution is -0.0634. The molecule has 0 aliphatic carbocycles. The van der Waals surface area contributed by atoms with Crippen molar-refractivity contribution in [2.75, 3.05) is 0 Å². The number of hydrogen-bond acceptors (Lipinski definition) is 4. The maximum Gasteiger partial charge on any atom is 0.247 e.